The van der Waals surface area contributed by atoms with Gasteiger partial charge in [0.15, 0.2) is 0 Å². The van der Waals surface area contributed by atoms with Gasteiger partial charge in [-0.2, -0.15) is 4.31 Å². The lowest BCUT2D eigenvalue weighted by Gasteiger charge is -2.42. The molecule has 0 spiro atoms. The second kappa shape index (κ2) is 12.3. The van der Waals surface area contributed by atoms with Crippen LogP contribution >= 0.6 is 23.2 Å². The average Bonchev–Trinajstić information content (AvgIpc) is 2.89. The van der Waals surface area contributed by atoms with Crippen LogP contribution in [0.3, 0.4) is 0 Å². The van der Waals surface area contributed by atoms with Crippen molar-refractivity contribution in [3.8, 4) is 0 Å². The summed E-state index contributed by atoms with van der Waals surface area (Å²) in [6.45, 7) is 7.28. The van der Waals surface area contributed by atoms with Crippen LogP contribution in [0.4, 0.5) is 4.79 Å². The van der Waals surface area contributed by atoms with Gasteiger partial charge in [-0.1, -0.05) is 35.3 Å². The summed E-state index contributed by atoms with van der Waals surface area (Å²) in [5.41, 5.74) is 1.54. The third-order valence-electron chi connectivity index (χ3n) is 6.88. The van der Waals surface area contributed by atoms with E-state index in [-0.39, 0.29) is 36.7 Å². The maximum absolute atomic E-state index is 13.3. The first-order chi connectivity index (χ1) is 18.6. The number of nitrogens with one attached hydrogen (secondary N) is 1. The number of sulfonamides is 1. The van der Waals surface area contributed by atoms with Crippen molar-refractivity contribution < 1.29 is 22.7 Å². The number of carbonyl (C=O) groups is 2. The van der Waals surface area contributed by atoms with Crippen LogP contribution in [0.5, 0.6) is 0 Å². The normalized spacial score (nSPS) is 21.2. The van der Waals surface area contributed by atoms with Crippen molar-refractivity contribution in [3.63, 3.8) is 0 Å². The number of esters is 1. The Labute approximate surface area is 239 Å². The molecule has 1 N–H and O–H groups in total. The van der Waals surface area contributed by atoms with Crippen LogP contribution in [0.2, 0.25) is 10.0 Å². The molecule has 210 valence electrons. The van der Waals surface area contributed by atoms with Gasteiger partial charge in [0.1, 0.15) is 0 Å². The Morgan fingerprint density at radius 2 is 1.79 bits per heavy atom. The van der Waals surface area contributed by atoms with Gasteiger partial charge in [-0.25, -0.2) is 18.0 Å². The molecule has 0 radical (unpaired) electrons. The molecule has 1 saturated heterocycles. The molecular weight excluding hydrogens is 563 g/mol. The van der Waals surface area contributed by atoms with Crippen molar-refractivity contribution in [1.82, 2.24) is 19.4 Å². The maximum atomic E-state index is 13.3. The molecule has 4 rings (SSSR count). The molecule has 2 atom stereocenters. The third-order valence-corrected chi connectivity index (χ3v) is 9.39. The number of halogens is 2. The summed E-state index contributed by atoms with van der Waals surface area (Å²) < 4.78 is 33.5. The van der Waals surface area contributed by atoms with Crippen LogP contribution in [0.25, 0.3) is 0 Å². The van der Waals surface area contributed by atoms with Gasteiger partial charge in [-0.3, -0.25) is 9.80 Å². The van der Waals surface area contributed by atoms with Gasteiger partial charge in [0.25, 0.3) is 0 Å². The Bertz CT molecular complexity index is 1370. The Kier molecular flexibility index (Phi) is 9.23. The second-order valence-corrected chi connectivity index (χ2v) is 12.2. The van der Waals surface area contributed by atoms with Gasteiger partial charge in [0, 0.05) is 54.5 Å². The largest absolute Gasteiger partial charge is 0.463 e. The van der Waals surface area contributed by atoms with Crippen LogP contribution in [-0.2, 0) is 19.6 Å². The number of benzene rings is 2. The van der Waals surface area contributed by atoms with E-state index in [9.17, 15) is 18.0 Å². The van der Waals surface area contributed by atoms with E-state index < -0.39 is 22.0 Å². The summed E-state index contributed by atoms with van der Waals surface area (Å²) in [6, 6.07) is 11.7. The molecule has 0 saturated carbocycles. The Morgan fingerprint density at radius 1 is 1.08 bits per heavy atom. The third kappa shape index (κ3) is 6.25. The second-order valence-electron chi connectivity index (χ2n) is 9.42. The smallest absolute Gasteiger partial charge is 0.338 e. The molecule has 2 aliphatic heterocycles. The lowest BCUT2D eigenvalue weighted by atomic mass is 9.94. The minimum atomic E-state index is -3.71. The van der Waals surface area contributed by atoms with Crippen LogP contribution in [0.15, 0.2) is 64.7 Å². The summed E-state index contributed by atoms with van der Waals surface area (Å²) in [4.78, 5) is 30.3. The monoisotopic (exact) mass is 594 g/mol. The van der Waals surface area contributed by atoms with Crippen molar-refractivity contribution in [2.45, 2.75) is 37.8 Å². The van der Waals surface area contributed by atoms with Gasteiger partial charge < -0.3 is 10.1 Å². The summed E-state index contributed by atoms with van der Waals surface area (Å²) in [5.74, 6) is -0.520. The lowest BCUT2D eigenvalue weighted by Crippen LogP contribution is -2.56. The van der Waals surface area contributed by atoms with E-state index in [0.717, 1.165) is 0 Å². The van der Waals surface area contributed by atoms with Crippen LogP contribution < -0.4 is 5.32 Å². The van der Waals surface area contributed by atoms with Crippen molar-refractivity contribution >= 4 is 45.2 Å². The number of hydrogen-bond donors (Lipinski definition) is 1. The number of ether oxygens (including phenoxy) is 1. The first-order valence-electron chi connectivity index (χ1n) is 12.8. The Balaban J connectivity index is 1.65. The fraction of sp³-hybridized carbons (Fsp3) is 0.407. The van der Waals surface area contributed by atoms with Gasteiger partial charge in [0.05, 0.1) is 23.1 Å². The summed E-state index contributed by atoms with van der Waals surface area (Å²) >= 11 is 12.2. The Morgan fingerprint density at radius 3 is 2.41 bits per heavy atom. The average molecular weight is 596 g/mol. The Hall–Kier alpha value is -2.63. The summed E-state index contributed by atoms with van der Waals surface area (Å²) in [7, 11) is -3.71. The number of piperazine rings is 1. The maximum Gasteiger partial charge on any atom is 0.338 e. The topological polar surface area (TPSA) is 99.3 Å². The van der Waals surface area contributed by atoms with Crippen molar-refractivity contribution in [1.29, 1.82) is 0 Å². The minimum Gasteiger partial charge on any atom is -0.463 e. The minimum absolute atomic E-state index is 0.177. The van der Waals surface area contributed by atoms with Crippen molar-refractivity contribution in [3.05, 3.63) is 75.4 Å². The quantitative estimate of drug-likeness (QED) is 0.458. The fourth-order valence-electron chi connectivity index (χ4n) is 5.06. The van der Waals surface area contributed by atoms with Crippen LogP contribution in [-0.4, -0.2) is 79.9 Å². The number of amides is 2. The van der Waals surface area contributed by atoms with Gasteiger partial charge >= 0.3 is 12.0 Å². The molecule has 0 aliphatic carbocycles. The number of likely N-dealkylation sites (N-methyl/N-ethyl adjacent to an activating group) is 1. The molecule has 2 aromatic carbocycles. The van der Waals surface area contributed by atoms with E-state index >= 15 is 0 Å². The van der Waals surface area contributed by atoms with Crippen molar-refractivity contribution in [2.75, 3.05) is 39.3 Å². The number of urea groups is 1. The predicted molar refractivity (Wildman–Crippen MR) is 150 cm³/mol. The molecule has 0 aromatic heterocycles. The van der Waals surface area contributed by atoms with E-state index in [2.05, 4.69) is 10.2 Å². The summed E-state index contributed by atoms with van der Waals surface area (Å²) in [6.07, 6.45) is 0. The fourth-order valence-corrected chi connectivity index (χ4v) is 7.00. The molecule has 0 bridgehead atoms. The molecule has 9 nitrogen and oxygen atoms in total. The predicted octanol–water partition coefficient (Wildman–Crippen LogP) is 4.29. The summed E-state index contributed by atoms with van der Waals surface area (Å²) in [5, 5.41) is 3.88. The molecule has 2 unspecified atom stereocenters. The zero-order valence-electron chi connectivity index (χ0n) is 22.1. The van der Waals surface area contributed by atoms with Gasteiger partial charge in [-0.05, 0) is 62.7 Å². The number of hydrogen-bond acceptors (Lipinski definition) is 6. The molecular formula is C27H32Cl2N4O5S. The number of nitrogens with zero attached hydrogens (tertiary/aromatic N) is 3. The highest BCUT2D eigenvalue weighted by molar-refractivity contribution is 7.89. The standard InChI is InChI=1S/C27H32Cl2N4O5S/c1-4-32-23(24(26(34)38-5-2)25(30-27(32)35)19-7-6-8-21(29)15-19)17-31-13-14-33(18(3)16-31)39(36,37)22-11-9-20(28)10-12-22/h6-12,15,18,25H,4-5,13-14,16-17H2,1-3H3,(H,30,35). The van der Waals surface area contributed by atoms with Crippen molar-refractivity contribution in [2.24, 2.45) is 0 Å². The zero-order chi connectivity index (χ0) is 28.3. The lowest BCUT2D eigenvalue weighted by molar-refractivity contribution is -0.139. The highest BCUT2D eigenvalue weighted by atomic mass is 35.5. The van der Waals surface area contributed by atoms with Gasteiger partial charge in [0.2, 0.25) is 10.0 Å². The van der Waals surface area contributed by atoms with E-state index in [1.165, 1.54) is 21.3 Å². The molecule has 1 fully saturated rings. The van der Waals surface area contributed by atoms with E-state index in [1.54, 1.807) is 43.3 Å². The number of rotatable bonds is 8. The molecule has 2 aliphatic rings. The SMILES string of the molecule is CCOC(=O)C1=C(CN2CCN(S(=O)(=O)c3ccc(Cl)cc3)C(C)C2)N(CC)C(=O)NC1c1cccc(Cl)c1. The van der Waals surface area contributed by atoms with Crippen LogP contribution in [0, 0.1) is 0 Å². The van der Waals surface area contributed by atoms with Gasteiger partial charge in [-0.15, -0.1) is 0 Å². The first kappa shape index (κ1) is 29.4. The molecule has 2 amide bonds. The molecule has 12 heteroatoms. The molecule has 2 heterocycles. The van der Waals surface area contributed by atoms with E-state index in [1.807, 2.05) is 13.8 Å². The highest BCUT2D eigenvalue weighted by Crippen LogP contribution is 2.33. The van der Waals surface area contributed by atoms with Crippen LogP contribution in [0.1, 0.15) is 32.4 Å². The number of carbonyl (C=O) groups excluding carboxylic acids is 2. The molecule has 2 aromatic rings. The van der Waals surface area contributed by atoms with E-state index in [4.69, 9.17) is 27.9 Å². The first-order valence-corrected chi connectivity index (χ1v) is 15.0. The highest BCUT2D eigenvalue weighted by Gasteiger charge is 2.40. The molecule has 39 heavy (non-hydrogen) atoms. The van der Waals surface area contributed by atoms with E-state index in [0.29, 0.717) is 46.5 Å². The zero-order valence-corrected chi connectivity index (χ0v) is 24.4.